The molecule has 0 fully saturated rings. The second kappa shape index (κ2) is 9.89. The summed E-state index contributed by atoms with van der Waals surface area (Å²) in [5, 5.41) is 0.435. The lowest BCUT2D eigenvalue weighted by atomic mass is 10.3. The van der Waals surface area contributed by atoms with Gasteiger partial charge in [0.25, 0.3) is 0 Å². The minimum absolute atomic E-state index is 0.0326. The molecule has 7 heteroatoms. The van der Waals surface area contributed by atoms with Crippen LogP contribution in [-0.4, -0.2) is 6.36 Å². The summed E-state index contributed by atoms with van der Waals surface area (Å²) >= 11 is 5.40. The predicted molar refractivity (Wildman–Crippen MR) is 80.3 cm³/mol. The lowest BCUT2D eigenvalue weighted by Gasteiger charge is -2.09. The van der Waals surface area contributed by atoms with Gasteiger partial charge in [-0.1, -0.05) is 43.6 Å². The molecule has 2 N–H and O–H groups in total. The van der Waals surface area contributed by atoms with Gasteiger partial charge in [0.05, 0.1) is 5.69 Å². The highest BCUT2D eigenvalue weighted by Crippen LogP contribution is 2.27. The van der Waals surface area contributed by atoms with E-state index in [1.165, 1.54) is 30.3 Å². The van der Waals surface area contributed by atoms with Gasteiger partial charge in [0, 0.05) is 5.02 Å². The summed E-state index contributed by atoms with van der Waals surface area (Å²) in [5.74, 6) is -0.664. The standard InChI is InChI=1S/C7H6F3NO.C6H4ClF.C2H6/c8-7(9,10)12-6-4-2-1-3-5(6)11;7-5-2-1-3-6(8)4-5;1-2/h1-4H,11H2;1-4H;1-2H3. The van der Waals surface area contributed by atoms with Crippen LogP contribution in [0, 0.1) is 5.82 Å². The number of benzene rings is 2. The number of halogens is 5. The van der Waals surface area contributed by atoms with Crippen molar-refractivity contribution in [3.63, 3.8) is 0 Å². The first-order valence-electron chi connectivity index (χ1n) is 6.29. The number of alkyl halides is 3. The summed E-state index contributed by atoms with van der Waals surface area (Å²) in [6, 6.07) is 11.2. The summed E-state index contributed by atoms with van der Waals surface area (Å²) in [5.41, 5.74) is 5.17. The van der Waals surface area contributed by atoms with E-state index in [1.807, 2.05) is 13.8 Å². The summed E-state index contributed by atoms with van der Waals surface area (Å²) < 4.78 is 50.6. The monoisotopic (exact) mass is 337 g/mol. The fourth-order valence-electron chi connectivity index (χ4n) is 1.16. The molecule has 0 aliphatic carbocycles. The topological polar surface area (TPSA) is 35.2 Å². The van der Waals surface area contributed by atoms with Gasteiger partial charge in [-0.05, 0) is 30.3 Å². The van der Waals surface area contributed by atoms with Gasteiger partial charge < -0.3 is 10.5 Å². The number of para-hydroxylation sites is 2. The molecule has 2 nitrogen and oxygen atoms in total. The van der Waals surface area contributed by atoms with Crippen LogP contribution in [0.3, 0.4) is 0 Å². The van der Waals surface area contributed by atoms with E-state index in [0.717, 1.165) is 6.07 Å². The van der Waals surface area contributed by atoms with Crippen molar-refractivity contribution in [2.24, 2.45) is 0 Å². The van der Waals surface area contributed by atoms with Crippen molar-refractivity contribution in [3.8, 4) is 5.75 Å². The predicted octanol–water partition coefficient (Wildman–Crippen LogP) is 5.67. The molecule has 2 aromatic carbocycles. The molecule has 0 heterocycles. The van der Waals surface area contributed by atoms with Crippen LogP contribution >= 0.6 is 11.6 Å². The van der Waals surface area contributed by atoms with Gasteiger partial charge in [-0.15, -0.1) is 13.2 Å². The van der Waals surface area contributed by atoms with E-state index in [-0.39, 0.29) is 17.3 Å². The van der Waals surface area contributed by atoms with Crippen molar-refractivity contribution in [3.05, 3.63) is 59.4 Å². The molecule has 22 heavy (non-hydrogen) atoms. The van der Waals surface area contributed by atoms with Crippen LogP contribution in [0.1, 0.15) is 13.8 Å². The Morgan fingerprint density at radius 2 is 1.59 bits per heavy atom. The molecule has 0 saturated heterocycles. The van der Waals surface area contributed by atoms with Crippen molar-refractivity contribution < 1.29 is 22.3 Å². The van der Waals surface area contributed by atoms with Gasteiger partial charge >= 0.3 is 6.36 Å². The number of anilines is 1. The van der Waals surface area contributed by atoms with Crippen LogP contribution in [-0.2, 0) is 0 Å². The van der Waals surface area contributed by atoms with Crippen molar-refractivity contribution in [1.82, 2.24) is 0 Å². The number of hydrogen-bond donors (Lipinski definition) is 1. The zero-order chi connectivity index (χ0) is 17.2. The molecule has 0 radical (unpaired) electrons. The quantitative estimate of drug-likeness (QED) is 0.537. The Hall–Kier alpha value is -1.95. The zero-order valence-corrected chi connectivity index (χ0v) is 12.8. The summed E-state index contributed by atoms with van der Waals surface area (Å²) in [7, 11) is 0. The lowest BCUT2D eigenvalue weighted by Crippen LogP contribution is -2.17. The van der Waals surface area contributed by atoms with Crippen LogP contribution in [0.25, 0.3) is 0 Å². The molecule has 2 aromatic rings. The van der Waals surface area contributed by atoms with Gasteiger partial charge in [0.1, 0.15) is 5.82 Å². The van der Waals surface area contributed by atoms with Gasteiger partial charge in [-0.2, -0.15) is 0 Å². The Labute approximate surface area is 131 Å². The normalized spacial score (nSPS) is 9.77. The Bertz CT molecular complexity index is 544. The average Bonchev–Trinajstić information content (AvgIpc) is 2.43. The van der Waals surface area contributed by atoms with Crippen LogP contribution in [0.2, 0.25) is 5.02 Å². The van der Waals surface area contributed by atoms with Crippen molar-refractivity contribution >= 4 is 17.3 Å². The van der Waals surface area contributed by atoms with E-state index >= 15 is 0 Å². The first kappa shape index (κ1) is 20.1. The largest absolute Gasteiger partial charge is 0.573 e. The van der Waals surface area contributed by atoms with E-state index < -0.39 is 6.36 Å². The molecule has 2 rings (SSSR count). The smallest absolute Gasteiger partial charge is 0.404 e. The average molecular weight is 338 g/mol. The molecule has 0 unspecified atom stereocenters. The van der Waals surface area contributed by atoms with E-state index in [2.05, 4.69) is 4.74 Å². The van der Waals surface area contributed by atoms with Gasteiger partial charge in [-0.3, -0.25) is 0 Å². The zero-order valence-electron chi connectivity index (χ0n) is 12.0. The molecular weight excluding hydrogens is 322 g/mol. The van der Waals surface area contributed by atoms with Gasteiger partial charge in [0.2, 0.25) is 0 Å². The van der Waals surface area contributed by atoms with E-state index in [1.54, 1.807) is 12.1 Å². The van der Waals surface area contributed by atoms with Crippen LogP contribution in [0.5, 0.6) is 5.75 Å². The number of nitrogen functional groups attached to an aromatic ring is 1. The molecule has 0 aliphatic rings. The highest BCUT2D eigenvalue weighted by molar-refractivity contribution is 6.30. The Balaban J connectivity index is 0.000000382. The third kappa shape index (κ3) is 9.07. The first-order valence-corrected chi connectivity index (χ1v) is 6.67. The third-order valence-corrected chi connectivity index (χ3v) is 2.17. The molecule has 0 bridgehead atoms. The van der Waals surface area contributed by atoms with Crippen molar-refractivity contribution in [2.75, 3.05) is 5.73 Å². The maximum Gasteiger partial charge on any atom is 0.573 e. The fourth-order valence-corrected chi connectivity index (χ4v) is 1.34. The third-order valence-electron chi connectivity index (χ3n) is 1.93. The summed E-state index contributed by atoms with van der Waals surface area (Å²) in [4.78, 5) is 0. The number of ether oxygens (including phenoxy) is 1. The van der Waals surface area contributed by atoms with Crippen molar-refractivity contribution in [2.45, 2.75) is 20.2 Å². The van der Waals surface area contributed by atoms with Crippen LogP contribution in [0.15, 0.2) is 48.5 Å². The van der Waals surface area contributed by atoms with Gasteiger partial charge in [0.15, 0.2) is 5.75 Å². The van der Waals surface area contributed by atoms with Gasteiger partial charge in [-0.25, -0.2) is 4.39 Å². The fraction of sp³-hybridized carbons (Fsp3) is 0.200. The highest BCUT2D eigenvalue weighted by Gasteiger charge is 2.31. The second-order valence-electron chi connectivity index (χ2n) is 3.53. The molecule has 0 aromatic heterocycles. The van der Waals surface area contributed by atoms with Crippen molar-refractivity contribution in [1.29, 1.82) is 0 Å². The Morgan fingerprint density at radius 3 is 2.00 bits per heavy atom. The Morgan fingerprint density at radius 1 is 1.00 bits per heavy atom. The number of nitrogens with two attached hydrogens (primary N) is 1. The number of rotatable bonds is 1. The first-order chi connectivity index (χ1) is 10.3. The number of hydrogen-bond acceptors (Lipinski definition) is 2. The van der Waals surface area contributed by atoms with E-state index in [4.69, 9.17) is 17.3 Å². The minimum Gasteiger partial charge on any atom is -0.404 e. The summed E-state index contributed by atoms with van der Waals surface area (Å²) in [6.45, 7) is 4.00. The molecule has 122 valence electrons. The minimum atomic E-state index is -4.69. The van der Waals surface area contributed by atoms with Crippen LogP contribution in [0.4, 0.5) is 23.2 Å². The molecule has 0 spiro atoms. The van der Waals surface area contributed by atoms with E-state index in [0.29, 0.717) is 5.02 Å². The Kier molecular flexibility index (Phi) is 9.01. The van der Waals surface area contributed by atoms with Crippen LogP contribution < -0.4 is 10.5 Å². The highest BCUT2D eigenvalue weighted by atomic mass is 35.5. The molecule has 0 aliphatic heterocycles. The summed E-state index contributed by atoms with van der Waals surface area (Å²) in [6.07, 6.45) is -4.69. The molecule has 0 atom stereocenters. The SMILES string of the molecule is CC.Fc1cccc(Cl)c1.Nc1ccccc1OC(F)(F)F. The second-order valence-corrected chi connectivity index (χ2v) is 3.96. The maximum absolute atomic E-state index is 12.1. The maximum atomic E-state index is 12.1. The molecular formula is C15H16ClF4NO. The lowest BCUT2D eigenvalue weighted by molar-refractivity contribution is -0.274. The van der Waals surface area contributed by atoms with E-state index in [9.17, 15) is 17.6 Å². The molecule has 0 amide bonds. The molecule has 0 saturated carbocycles.